The number of ether oxygens (including phenoxy) is 1. The highest BCUT2D eigenvalue weighted by molar-refractivity contribution is 5.83. The first-order valence-corrected chi connectivity index (χ1v) is 9.93. The van der Waals surface area contributed by atoms with Gasteiger partial charge in [-0.15, -0.1) is 0 Å². The molecule has 2 aromatic rings. The number of fused-ring (bicyclic) bond motifs is 1. The zero-order valence-corrected chi connectivity index (χ0v) is 15.8. The lowest BCUT2D eigenvalue weighted by Gasteiger charge is -2.32. The number of benzene rings is 1. The number of nitrogens with zero attached hydrogens (tertiary/aromatic N) is 3. The van der Waals surface area contributed by atoms with Gasteiger partial charge in [0.05, 0.1) is 5.52 Å². The van der Waals surface area contributed by atoms with Gasteiger partial charge in [-0.3, -0.25) is 9.88 Å². The Morgan fingerprint density at radius 3 is 2.73 bits per heavy atom. The molecule has 0 aliphatic carbocycles. The first-order chi connectivity index (χ1) is 12.8. The van der Waals surface area contributed by atoms with E-state index in [-0.39, 0.29) is 0 Å². The van der Waals surface area contributed by atoms with E-state index in [1.54, 1.807) is 0 Å². The number of piperazine rings is 1. The second kappa shape index (κ2) is 8.33. The van der Waals surface area contributed by atoms with E-state index in [4.69, 9.17) is 4.74 Å². The smallest absolute Gasteiger partial charge is 0.121 e. The minimum Gasteiger partial charge on any atom is -0.492 e. The predicted molar refractivity (Wildman–Crippen MR) is 106 cm³/mol. The Labute approximate surface area is 156 Å². The number of piperidine rings is 1. The molecule has 140 valence electrons. The largest absolute Gasteiger partial charge is 0.492 e. The van der Waals surface area contributed by atoms with Crippen molar-refractivity contribution in [3.05, 3.63) is 36.0 Å². The van der Waals surface area contributed by atoms with Crippen LogP contribution in [-0.2, 0) is 0 Å². The molecule has 2 saturated heterocycles. The quantitative estimate of drug-likeness (QED) is 0.892. The second-order valence-electron chi connectivity index (χ2n) is 7.60. The third kappa shape index (κ3) is 4.17. The number of nitrogens with one attached hydrogen (secondary N) is 1. The Hall–Kier alpha value is -1.69. The lowest BCUT2D eigenvalue weighted by atomic mass is 9.88. The summed E-state index contributed by atoms with van der Waals surface area (Å²) in [5.41, 5.74) is 2.50. The van der Waals surface area contributed by atoms with Gasteiger partial charge in [0.15, 0.2) is 0 Å². The summed E-state index contributed by atoms with van der Waals surface area (Å²) in [6.45, 7) is 8.54. The molecule has 0 spiro atoms. The molecule has 1 N–H and O–H groups in total. The van der Waals surface area contributed by atoms with Crippen LogP contribution < -0.4 is 10.1 Å². The van der Waals surface area contributed by atoms with E-state index in [1.807, 2.05) is 6.20 Å². The van der Waals surface area contributed by atoms with Gasteiger partial charge in [-0.05, 0) is 62.7 Å². The fourth-order valence-electron chi connectivity index (χ4n) is 4.09. The van der Waals surface area contributed by atoms with Crippen molar-refractivity contribution in [2.24, 2.45) is 0 Å². The predicted octanol–water partition coefficient (Wildman–Crippen LogP) is 2.33. The van der Waals surface area contributed by atoms with Gasteiger partial charge < -0.3 is 15.0 Å². The average molecular weight is 354 g/mol. The van der Waals surface area contributed by atoms with Gasteiger partial charge in [0.2, 0.25) is 0 Å². The zero-order valence-electron chi connectivity index (χ0n) is 15.8. The molecule has 5 heteroatoms. The minimum absolute atomic E-state index is 0.644. The number of aromatic nitrogens is 1. The average Bonchev–Trinajstić information content (AvgIpc) is 2.69. The molecule has 0 radical (unpaired) electrons. The SMILES string of the molecule is CN1CCN(CCOc2ccc3c(C4CCNCC4)ccnc3c2)CC1. The molecule has 5 nitrogen and oxygen atoms in total. The van der Waals surface area contributed by atoms with Gasteiger partial charge in [0, 0.05) is 50.4 Å². The highest BCUT2D eigenvalue weighted by atomic mass is 16.5. The molecule has 26 heavy (non-hydrogen) atoms. The molecular formula is C21H30N4O. The summed E-state index contributed by atoms with van der Waals surface area (Å²) < 4.78 is 6.02. The van der Waals surface area contributed by atoms with Gasteiger partial charge in [-0.2, -0.15) is 0 Å². The van der Waals surface area contributed by atoms with E-state index in [9.17, 15) is 0 Å². The highest BCUT2D eigenvalue weighted by Crippen LogP contribution is 2.31. The monoisotopic (exact) mass is 354 g/mol. The van der Waals surface area contributed by atoms with Crippen LogP contribution in [0.1, 0.15) is 24.3 Å². The number of hydrogen-bond donors (Lipinski definition) is 1. The Morgan fingerprint density at radius 1 is 1.12 bits per heavy atom. The van der Waals surface area contributed by atoms with Crippen LogP contribution in [0.25, 0.3) is 10.9 Å². The molecule has 0 amide bonds. The molecule has 1 aromatic carbocycles. The Morgan fingerprint density at radius 2 is 1.92 bits per heavy atom. The highest BCUT2D eigenvalue weighted by Gasteiger charge is 2.18. The summed E-state index contributed by atoms with van der Waals surface area (Å²) in [4.78, 5) is 9.45. The fraction of sp³-hybridized carbons (Fsp3) is 0.571. The van der Waals surface area contributed by atoms with Crippen LogP contribution in [0.5, 0.6) is 5.75 Å². The van der Waals surface area contributed by atoms with E-state index in [1.165, 1.54) is 23.8 Å². The lowest BCUT2D eigenvalue weighted by Crippen LogP contribution is -2.45. The molecule has 4 rings (SSSR count). The van der Waals surface area contributed by atoms with Gasteiger partial charge >= 0.3 is 0 Å². The lowest BCUT2D eigenvalue weighted by molar-refractivity contribution is 0.134. The molecule has 0 bridgehead atoms. The number of rotatable bonds is 5. The zero-order chi connectivity index (χ0) is 17.8. The van der Waals surface area contributed by atoms with Crippen LogP contribution >= 0.6 is 0 Å². The molecule has 2 aliphatic heterocycles. The van der Waals surface area contributed by atoms with Crippen LogP contribution in [0.2, 0.25) is 0 Å². The molecule has 2 aliphatic rings. The first-order valence-electron chi connectivity index (χ1n) is 9.93. The maximum absolute atomic E-state index is 6.02. The Balaban J connectivity index is 1.39. The minimum atomic E-state index is 0.644. The normalized spacial score (nSPS) is 20.5. The van der Waals surface area contributed by atoms with Crippen LogP contribution in [-0.4, -0.2) is 74.3 Å². The first kappa shape index (κ1) is 17.7. The molecular weight excluding hydrogens is 324 g/mol. The van der Waals surface area contributed by atoms with Crippen LogP contribution in [0.4, 0.5) is 0 Å². The second-order valence-corrected chi connectivity index (χ2v) is 7.60. The molecule has 0 saturated carbocycles. The van der Waals surface area contributed by atoms with Crippen LogP contribution in [0, 0.1) is 0 Å². The molecule has 0 atom stereocenters. The van der Waals surface area contributed by atoms with Crippen molar-refractivity contribution in [2.45, 2.75) is 18.8 Å². The van der Waals surface area contributed by atoms with E-state index < -0.39 is 0 Å². The Bertz CT molecular complexity index is 721. The third-order valence-corrected chi connectivity index (χ3v) is 5.80. The van der Waals surface area contributed by atoms with Crippen molar-refractivity contribution >= 4 is 10.9 Å². The standard InChI is InChI=1S/C21H30N4O/c1-24-10-12-25(13-11-24)14-15-26-18-2-3-20-19(6-9-23-21(20)16-18)17-4-7-22-8-5-17/h2-3,6,9,16-17,22H,4-5,7-8,10-15H2,1H3. The maximum atomic E-state index is 6.02. The number of hydrogen-bond acceptors (Lipinski definition) is 5. The summed E-state index contributed by atoms with van der Waals surface area (Å²) in [5, 5.41) is 4.74. The molecule has 0 unspecified atom stereocenters. The Kier molecular flexibility index (Phi) is 5.68. The van der Waals surface area contributed by atoms with E-state index in [0.717, 1.165) is 63.7 Å². The summed E-state index contributed by atoms with van der Waals surface area (Å²) in [7, 11) is 2.19. The van der Waals surface area contributed by atoms with Gasteiger partial charge in [-0.1, -0.05) is 0 Å². The van der Waals surface area contributed by atoms with Crippen molar-refractivity contribution in [2.75, 3.05) is 59.5 Å². The van der Waals surface area contributed by atoms with Crippen molar-refractivity contribution in [3.8, 4) is 5.75 Å². The molecule has 2 fully saturated rings. The summed E-state index contributed by atoms with van der Waals surface area (Å²) in [5.74, 6) is 1.58. The van der Waals surface area contributed by atoms with Crippen molar-refractivity contribution in [1.82, 2.24) is 20.1 Å². The topological polar surface area (TPSA) is 40.6 Å². The van der Waals surface area contributed by atoms with Crippen molar-refractivity contribution in [1.29, 1.82) is 0 Å². The van der Waals surface area contributed by atoms with Crippen LogP contribution in [0.15, 0.2) is 30.5 Å². The van der Waals surface area contributed by atoms with Crippen molar-refractivity contribution in [3.63, 3.8) is 0 Å². The molecule has 3 heterocycles. The summed E-state index contributed by atoms with van der Waals surface area (Å²) in [6.07, 6.45) is 4.37. The summed E-state index contributed by atoms with van der Waals surface area (Å²) in [6, 6.07) is 8.61. The van der Waals surface area contributed by atoms with E-state index in [0.29, 0.717) is 5.92 Å². The summed E-state index contributed by atoms with van der Waals surface area (Å²) >= 11 is 0. The van der Waals surface area contributed by atoms with Crippen molar-refractivity contribution < 1.29 is 4.74 Å². The molecule has 1 aromatic heterocycles. The fourth-order valence-corrected chi connectivity index (χ4v) is 4.09. The van der Waals surface area contributed by atoms with E-state index in [2.05, 4.69) is 51.4 Å². The third-order valence-electron chi connectivity index (χ3n) is 5.80. The number of likely N-dealkylation sites (N-methyl/N-ethyl adjacent to an activating group) is 1. The van der Waals surface area contributed by atoms with Gasteiger partial charge in [0.1, 0.15) is 12.4 Å². The van der Waals surface area contributed by atoms with E-state index >= 15 is 0 Å². The maximum Gasteiger partial charge on any atom is 0.121 e. The van der Waals surface area contributed by atoms with Gasteiger partial charge in [0.25, 0.3) is 0 Å². The van der Waals surface area contributed by atoms with Crippen LogP contribution in [0.3, 0.4) is 0 Å². The van der Waals surface area contributed by atoms with Gasteiger partial charge in [-0.25, -0.2) is 0 Å². The number of pyridine rings is 1.